The van der Waals surface area contributed by atoms with Crippen LogP contribution in [0.4, 0.5) is 0 Å². The number of hydrogen-bond donors (Lipinski definition) is 1. The lowest BCUT2D eigenvalue weighted by Gasteiger charge is -2.41. The fraction of sp³-hybridized carbons (Fsp3) is 1.00. The highest BCUT2D eigenvalue weighted by Crippen LogP contribution is 2.18. The first-order valence-corrected chi connectivity index (χ1v) is 25.2. The van der Waals surface area contributed by atoms with Crippen LogP contribution in [0.15, 0.2) is 0 Å². The molecular formula is C38H87N3O13S3. The van der Waals surface area contributed by atoms with E-state index < -0.39 is 31.2 Å². The third-order valence-corrected chi connectivity index (χ3v) is 11.5. The summed E-state index contributed by atoms with van der Waals surface area (Å²) in [5.74, 6) is 0. The van der Waals surface area contributed by atoms with Crippen LogP contribution in [0.25, 0.3) is 0 Å². The first-order valence-electron chi connectivity index (χ1n) is 21.2. The van der Waals surface area contributed by atoms with Crippen LogP contribution in [0.1, 0.15) is 145 Å². The summed E-state index contributed by atoms with van der Waals surface area (Å²) in [6.07, 6.45) is 19.9. The van der Waals surface area contributed by atoms with Crippen LogP contribution in [-0.2, 0) is 43.7 Å². The van der Waals surface area contributed by atoms with Gasteiger partial charge in [-0.25, -0.2) is 25.3 Å². The number of aliphatic hydroxyl groups is 1. The molecule has 350 valence electrons. The molecule has 0 aromatic heterocycles. The van der Waals surface area contributed by atoms with Crippen molar-refractivity contribution in [3.8, 4) is 0 Å². The van der Waals surface area contributed by atoms with E-state index in [0.717, 1.165) is 33.0 Å². The van der Waals surface area contributed by atoms with Gasteiger partial charge in [0.25, 0.3) is 0 Å². The van der Waals surface area contributed by atoms with Gasteiger partial charge in [-0.3, -0.25) is 12.5 Å². The summed E-state index contributed by atoms with van der Waals surface area (Å²) >= 11 is 0. The lowest BCUT2D eigenvalue weighted by molar-refractivity contribution is -0.941. The Morgan fingerprint density at radius 2 is 0.754 bits per heavy atom. The highest BCUT2D eigenvalue weighted by Gasteiger charge is 2.30. The van der Waals surface area contributed by atoms with Gasteiger partial charge >= 0.3 is 0 Å². The van der Waals surface area contributed by atoms with Crippen molar-refractivity contribution in [3.05, 3.63) is 0 Å². The van der Waals surface area contributed by atoms with Gasteiger partial charge in [0.15, 0.2) is 0 Å². The molecule has 0 aliphatic carbocycles. The number of quaternary nitrogens is 3. The topological polar surface area (TPSA) is 220 Å². The highest BCUT2D eigenvalue weighted by molar-refractivity contribution is 7.81. The van der Waals surface area contributed by atoms with Crippen LogP contribution in [0.3, 0.4) is 0 Å². The first-order chi connectivity index (χ1) is 26.2. The molecule has 0 heterocycles. The summed E-state index contributed by atoms with van der Waals surface area (Å²) in [4.78, 5) is 0. The average molecular weight is 890 g/mol. The predicted molar refractivity (Wildman–Crippen MR) is 225 cm³/mol. The van der Waals surface area contributed by atoms with Crippen LogP contribution in [0.2, 0.25) is 0 Å². The molecule has 0 spiro atoms. The summed E-state index contributed by atoms with van der Waals surface area (Å²) in [5, 5.41) is 11.1. The number of hydrogen-bond acceptors (Lipinski definition) is 13. The summed E-state index contributed by atoms with van der Waals surface area (Å²) in [6.45, 7) is 22.6. The molecule has 0 saturated heterocycles. The van der Waals surface area contributed by atoms with E-state index in [2.05, 4.69) is 68.4 Å². The summed E-state index contributed by atoms with van der Waals surface area (Å²) in [5.41, 5.74) is 0. The van der Waals surface area contributed by atoms with Crippen LogP contribution < -0.4 is 0 Å². The minimum absolute atomic E-state index is 0.0914. The molecule has 1 unspecified atom stereocenters. The smallest absolute Gasteiger partial charge is 0.217 e. The minimum atomic E-state index is -4.42. The molecule has 57 heavy (non-hydrogen) atoms. The van der Waals surface area contributed by atoms with Crippen LogP contribution in [0.5, 0.6) is 0 Å². The molecule has 16 nitrogen and oxygen atoms in total. The highest BCUT2D eigenvalue weighted by atomic mass is 32.3. The second kappa shape index (κ2) is 36.1. The van der Waals surface area contributed by atoms with Crippen molar-refractivity contribution in [3.63, 3.8) is 0 Å². The van der Waals surface area contributed by atoms with Crippen molar-refractivity contribution in [2.24, 2.45) is 0 Å². The molecule has 0 saturated carbocycles. The normalized spacial score (nSPS) is 13.1. The van der Waals surface area contributed by atoms with Crippen molar-refractivity contribution in [1.29, 1.82) is 0 Å². The van der Waals surface area contributed by atoms with E-state index in [1.54, 1.807) is 0 Å². The van der Waals surface area contributed by atoms with Gasteiger partial charge in [0.05, 0.1) is 93.8 Å². The molecule has 0 aromatic rings. The van der Waals surface area contributed by atoms with Gasteiger partial charge in [-0.1, -0.05) is 84.0 Å². The number of aliphatic hydroxyl groups excluding tert-OH is 1. The van der Waals surface area contributed by atoms with Crippen molar-refractivity contribution in [2.75, 3.05) is 100 Å². The summed E-state index contributed by atoms with van der Waals surface area (Å²) in [7, 11) is -3.87. The maximum Gasteiger partial charge on any atom is 0.217 e. The second-order valence-corrected chi connectivity index (χ2v) is 18.9. The molecule has 0 aromatic carbocycles. The van der Waals surface area contributed by atoms with Crippen LogP contribution in [0, 0.1) is 0 Å². The Hall–Kier alpha value is -0.550. The average Bonchev–Trinajstić information content (AvgIpc) is 3.07. The van der Waals surface area contributed by atoms with Gasteiger partial charge in [0, 0.05) is 12.8 Å². The van der Waals surface area contributed by atoms with Crippen LogP contribution in [-0.4, -0.2) is 164 Å². The van der Waals surface area contributed by atoms with Gasteiger partial charge in [0.1, 0.15) is 12.6 Å². The van der Waals surface area contributed by atoms with Crippen molar-refractivity contribution in [1.82, 2.24) is 0 Å². The third kappa shape index (κ3) is 51.5. The lowest BCUT2D eigenvalue weighted by atomic mass is 10.0. The van der Waals surface area contributed by atoms with Crippen molar-refractivity contribution in [2.45, 2.75) is 151 Å². The Kier molecular flexibility index (Phi) is 40.0. The Morgan fingerprint density at radius 1 is 0.456 bits per heavy atom. The van der Waals surface area contributed by atoms with Crippen LogP contribution >= 0.6 is 0 Å². The quantitative estimate of drug-likeness (QED) is 0.0372. The monoisotopic (exact) mass is 890 g/mol. The van der Waals surface area contributed by atoms with Crippen molar-refractivity contribution < 1.29 is 70.0 Å². The number of unbranched alkanes of at least 4 members (excludes halogenated alkanes) is 11. The zero-order chi connectivity index (χ0) is 45.1. The molecule has 0 aliphatic heterocycles. The fourth-order valence-electron chi connectivity index (χ4n) is 5.92. The maximum absolute atomic E-state index is 11.1. The molecule has 1 N–H and O–H groups in total. The van der Waals surface area contributed by atoms with Gasteiger partial charge in [-0.2, -0.15) is 0 Å². The predicted octanol–water partition coefficient (Wildman–Crippen LogP) is 5.70. The van der Waals surface area contributed by atoms with E-state index in [1.807, 2.05) is 0 Å². The second-order valence-electron chi connectivity index (χ2n) is 15.7. The molecule has 0 bridgehead atoms. The van der Waals surface area contributed by atoms with Gasteiger partial charge < -0.3 is 32.2 Å². The molecule has 0 aliphatic rings. The van der Waals surface area contributed by atoms with E-state index in [0.29, 0.717) is 0 Å². The van der Waals surface area contributed by atoms with E-state index >= 15 is 0 Å². The molecule has 0 amide bonds. The Labute approximate surface area is 351 Å². The van der Waals surface area contributed by atoms with Gasteiger partial charge in [-0.05, 0) is 48.0 Å². The molecule has 0 rings (SSSR count). The Balaban J connectivity index is -0.000000537. The molecule has 0 radical (unpaired) electrons. The van der Waals surface area contributed by atoms with Gasteiger partial charge in [0.2, 0.25) is 31.2 Å². The first kappa shape index (κ1) is 63.1. The van der Waals surface area contributed by atoms with Gasteiger partial charge in [-0.15, -0.1) is 0 Å². The van der Waals surface area contributed by atoms with E-state index in [9.17, 15) is 44.0 Å². The number of nitrogens with zero attached hydrogens (tertiary/aromatic N) is 3. The standard InChI is InChI=1S/C32H72N3O.3C2H6O4S/c1-9-13-14-15-16-17-18-19-20-21-22-23-26-32(36)31-35(12-4,29-24-27-33(5,6)10-2)30-25-28-34(7,8)11-3;3*1-2-6-7(3,4)5/h32,36H,9-31H2,1-8H3;3*2H2,1H3,(H,3,4,5)/q+3;;;/p-3. The van der Waals surface area contributed by atoms with Crippen molar-refractivity contribution >= 4 is 31.2 Å². The minimum Gasteiger partial charge on any atom is -0.726 e. The largest absolute Gasteiger partial charge is 0.726 e. The molecule has 19 heteroatoms. The zero-order valence-corrected chi connectivity index (χ0v) is 40.3. The van der Waals surface area contributed by atoms with E-state index in [-0.39, 0.29) is 25.9 Å². The summed E-state index contributed by atoms with van der Waals surface area (Å²) < 4.78 is 99.3. The third-order valence-electron chi connectivity index (χ3n) is 9.95. The Morgan fingerprint density at radius 3 is 0.982 bits per heavy atom. The molecular weight excluding hydrogens is 803 g/mol. The SMILES string of the molecule is CCCCCCCCCCCCCCC(O)C[N+](CC)(CCC[N+](C)(C)CC)CCC[N+](C)(C)CC.CCOS(=O)(=O)[O-].CCOS(=O)(=O)[O-].CCOS(=O)(=O)[O-]. The van der Waals surface area contributed by atoms with E-state index in [1.165, 1.54) is 150 Å². The number of rotatable bonds is 32. The molecule has 1 atom stereocenters. The molecule has 0 fully saturated rings. The number of likely N-dealkylation sites (N-methyl/N-ethyl adjacent to an activating group) is 1. The Bertz CT molecular complexity index is 1130. The maximum atomic E-state index is 11.1. The fourth-order valence-corrected chi connectivity index (χ4v) is 6.78. The van der Waals surface area contributed by atoms with E-state index in [4.69, 9.17) is 0 Å². The zero-order valence-electron chi connectivity index (χ0n) is 37.9. The summed E-state index contributed by atoms with van der Waals surface area (Å²) in [6, 6.07) is 0. The lowest BCUT2D eigenvalue weighted by Crippen LogP contribution is -2.55.